The molecule has 47 heavy (non-hydrogen) atoms. The largest absolute Gasteiger partial charge is 0.373 e. The Balaban J connectivity index is 0.000000822. The fourth-order valence-corrected chi connectivity index (χ4v) is 5.54. The van der Waals surface area contributed by atoms with E-state index in [9.17, 15) is 13.2 Å². The summed E-state index contributed by atoms with van der Waals surface area (Å²) in [6.07, 6.45) is 8.63. The third kappa shape index (κ3) is 7.41. The molecule has 6 heterocycles. The first-order chi connectivity index (χ1) is 22.8. The smallest absolute Gasteiger partial charge is 0.335 e. The Morgan fingerprint density at radius 1 is 0.957 bits per heavy atom. The summed E-state index contributed by atoms with van der Waals surface area (Å²) < 4.78 is 41.8. The minimum absolute atomic E-state index is 0.122. The van der Waals surface area contributed by atoms with Crippen molar-refractivity contribution in [2.24, 2.45) is 0 Å². The van der Waals surface area contributed by atoms with Gasteiger partial charge in [-0.2, -0.15) is 14.7 Å². The van der Waals surface area contributed by atoms with E-state index in [2.05, 4.69) is 35.5 Å². The van der Waals surface area contributed by atoms with Crippen molar-refractivity contribution < 1.29 is 22.8 Å². The number of carbonyl (C=O) groups excluding carboxylic acids is 2. The lowest BCUT2D eigenvalue weighted by atomic mass is 10.0. The van der Waals surface area contributed by atoms with E-state index >= 15 is 0 Å². The number of rotatable bonds is 7. The molecule has 0 unspecified atom stereocenters. The number of hydrogen-bond donors (Lipinski definition) is 3. The number of nitrogens with zero attached hydrogens (tertiary/aromatic N) is 6. The van der Waals surface area contributed by atoms with Gasteiger partial charge in [0.1, 0.15) is 11.5 Å². The van der Waals surface area contributed by atoms with Gasteiger partial charge in [0.25, 0.3) is 5.92 Å². The van der Waals surface area contributed by atoms with Gasteiger partial charge in [0.05, 0.1) is 29.2 Å². The molecule has 0 radical (unpaired) electrons. The number of H-pyrrole nitrogens is 2. The van der Waals surface area contributed by atoms with Crippen LogP contribution in [0, 0.1) is 5.82 Å². The molecule has 242 valence electrons. The number of fused-ring (bicyclic) bond motifs is 2. The minimum Gasteiger partial charge on any atom is -0.335 e. The standard InChI is InChI=1S/C30H26F3N9.C2H6.CO2/c1-34-9-17-4-19(7-22(31)6-17)24-13-36-14-25-26(24)39-29(38-25)27-23-8-21(12-37-28(23)41-40-27)20-5-18(10-35-11-20)15-42-3-2-30(32,33)16-42;1-2;2-1-3/h4-8,10-14,34H,2-3,9,15-16H2,1H3,(H,38,39)(H,37,40,41);1-2H3;. The van der Waals surface area contributed by atoms with Crippen LogP contribution in [0.15, 0.2) is 61.3 Å². The first-order valence-electron chi connectivity index (χ1n) is 14.9. The van der Waals surface area contributed by atoms with Gasteiger partial charge in [-0.1, -0.05) is 13.8 Å². The van der Waals surface area contributed by atoms with E-state index in [1.165, 1.54) is 12.1 Å². The molecule has 6 aromatic rings. The fourth-order valence-electron chi connectivity index (χ4n) is 5.54. The zero-order valence-corrected chi connectivity index (χ0v) is 25.9. The fraction of sp³-hybridized carbons (Fsp3) is 0.273. The van der Waals surface area contributed by atoms with Gasteiger partial charge in [-0.3, -0.25) is 20.0 Å². The third-order valence-corrected chi connectivity index (χ3v) is 7.47. The van der Waals surface area contributed by atoms with Gasteiger partial charge in [-0.25, -0.2) is 23.1 Å². The molecule has 1 aromatic carbocycles. The summed E-state index contributed by atoms with van der Waals surface area (Å²) in [6.45, 7) is 5.05. The monoisotopic (exact) mass is 643 g/mol. The average molecular weight is 644 g/mol. The summed E-state index contributed by atoms with van der Waals surface area (Å²) in [6, 6.07) is 8.80. The number of benzene rings is 1. The lowest BCUT2D eigenvalue weighted by molar-refractivity contribution is -0.191. The summed E-state index contributed by atoms with van der Waals surface area (Å²) in [5, 5.41) is 11.2. The highest BCUT2D eigenvalue weighted by molar-refractivity contribution is 5.96. The van der Waals surface area contributed by atoms with Crippen molar-refractivity contribution in [3.63, 3.8) is 0 Å². The summed E-state index contributed by atoms with van der Waals surface area (Å²) in [5.41, 5.74) is 7.17. The lowest BCUT2D eigenvalue weighted by Crippen LogP contribution is -2.24. The van der Waals surface area contributed by atoms with Crippen LogP contribution in [0.2, 0.25) is 0 Å². The van der Waals surface area contributed by atoms with Crippen molar-refractivity contribution in [2.75, 3.05) is 20.1 Å². The maximum Gasteiger partial charge on any atom is 0.373 e. The lowest BCUT2D eigenvalue weighted by Gasteiger charge is -2.15. The van der Waals surface area contributed by atoms with Crippen molar-refractivity contribution in [3.05, 3.63) is 78.3 Å². The molecule has 1 fully saturated rings. The molecule has 5 aromatic heterocycles. The normalized spacial score (nSPS) is 13.9. The SMILES string of the molecule is CC.CNCc1cc(F)cc(-c2cncc3[nH]c(-c4[nH]nc5ncc(-c6cncc(CN7CCC(F)(F)C7)c6)cc45)nc23)c1.O=C=O. The molecule has 0 spiro atoms. The molecular weight excluding hydrogens is 611 g/mol. The number of aromatic amines is 2. The first-order valence-corrected chi connectivity index (χ1v) is 14.9. The number of aromatic nitrogens is 7. The Hall–Kier alpha value is -5.30. The molecule has 0 amide bonds. The van der Waals surface area contributed by atoms with Crippen LogP contribution in [-0.4, -0.2) is 72.2 Å². The topological polar surface area (TPSA) is 145 Å². The van der Waals surface area contributed by atoms with Gasteiger partial charge in [0, 0.05) is 67.5 Å². The number of imidazole rings is 1. The summed E-state index contributed by atoms with van der Waals surface area (Å²) in [4.78, 5) is 39.4. The quantitative estimate of drug-likeness (QED) is 0.197. The van der Waals surface area contributed by atoms with Gasteiger partial charge in [0.2, 0.25) is 0 Å². The van der Waals surface area contributed by atoms with Crippen LogP contribution in [0.5, 0.6) is 0 Å². The van der Waals surface area contributed by atoms with Crippen LogP contribution in [0.25, 0.3) is 55.8 Å². The number of halogens is 3. The zero-order chi connectivity index (χ0) is 33.6. The molecule has 3 N–H and O–H groups in total. The molecule has 0 aliphatic carbocycles. The van der Waals surface area contributed by atoms with E-state index in [1.54, 1.807) is 35.9 Å². The van der Waals surface area contributed by atoms with Crippen LogP contribution < -0.4 is 5.32 Å². The van der Waals surface area contributed by atoms with Crippen molar-refractivity contribution >= 4 is 28.2 Å². The second-order valence-electron chi connectivity index (χ2n) is 10.7. The van der Waals surface area contributed by atoms with E-state index in [0.717, 1.165) is 27.6 Å². The molecule has 0 atom stereocenters. The van der Waals surface area contributed by atoms with Crippen LogP contribution in [0.1, 0.15) is 31.4 Å². The predicted molar refractivity (Wildman–Crippen MR) is 169 cm³/mol. The minimum atomic E-state index is -2.64. The number of likely N-dealkylation sites (tertiary alicyclic amines) is 1. The van der Waals surface area contributed by atoms with Crippen molar-refractivity contribution in [1.82, 2.24) is 45.3 Å². The number of pyridine rings is 3. The molecule has 1 saturated heterocycles. The number of nitrogens with one attached hydrogen (secondary N) is 3. The van der Waals surface area contributed by atoms with E-state index in [1.807, 2.05) is 39.1 Å². The van der Waals surface area contributed by atoms with E-state index in [-0.39, 0.29) is 24.9 Å². The van der Waals surface area contributed by atoms with Crippen LogP contribution in [0.3, 0.4) is 0 Å². The van der Waals surface area contributed by atoms with Gasteiger partial charge in [-0.15, -0.1) is 0 Å². The molecule has 0 saturated carbocycles. The van der Waals surface area contributed by atoms with Crippen molar-refractivity contribution in [2.45, 2.75) is 39.3 Å². The molecule has 1 aliphatic heterocycles. The van der Waals surface area contributed by atoms with Gasteiger partial charge in [-0.05, 0) is 54.1 Å². The van der Waals surface area contributed by atoms with Crippen molar-refractivity contribution in [3.8, 4) is 33.8 Å². The Bertz CT molecular complexity index is 2040. The Morgan fingerprint density at radius 3 is 2.45 bits per heavy atom. The van der Waals surface area contributed by atoms with Crippen molar-refractivity contribution in [1.29, 1.82) is 0 Å². The third-order valence-electron chi connectivity index (χ3n) is 7.47. The average Bonchev–Trinajstić information content (AvgIpc) is 3.78. The molecule has 14 heteroatoms. The first kappa shape index (κ1) is 33.1. The molecular formula is C33H32F3N9O2. The van der Waals surface area contributed by atoms with Gasteiger partial charge in [0.15, 0.2) is 11.5 Å². The second-order valence-corrected chi connectivity index (χ2v) is 10.7. The molecule has 0 bridgehead atoms. The van der Waals surface area contributed by atoms with E-state index < -0.39 is 5.92 Å². The Kier molecular flexibility index (Phi) is 10.1. The van der Waals surface area contributed by atoms with Crippen LogP contribution in [-0.2, 0) is 22.7 Å². The highest BCUT2D eigenvalue weighted by Gasteiger charge is 2.37. The van der Waals surface area contributed by atoms with E-state index in [4.69, 9.17) is 14.6 Å². The highest BCUT2D eigenvalue weighted by atomic mass is 19.3. The maximum atomic E-state index is 14.4. The van der Waals surface area contributed by atoms with Gasteiger partial charge >= 0.3 is 6.15 Å². The van der Waals surface area contributed by atoms with Crippen LogP contribution >= 0.6 is 0 Å². The molecule has 7 rings (SSSR count). The van der Waals surface area contributed by atoms with E-state index in [0.29, 0.717) is 59.0 Å². The summed E-state index contributed by atoms with van der Waals surface area (Å²) in [7, 11) is 1.81. The Labute approximate surface area is 267 Å². The van der Waals surface area contributed by atoms with Gasteiger partial charge < -0.3 is 10.3 Å². The Morgan fingerprint density at radius 2 is 1.70 bits per heavy atom. The summed E-state index contributed by atoms with van der Waals surface area (Å²) in [5.74, 6) is -2.44. The maximum absolute atomic E-state index is 14.4. The highest BCUT2D eigenvalue weighted by Crippen LogP contribution is 2.33. The zero-order valence-electron chi connectivity index (χ0n) is 25.9. The number of alkyl halides is 2. The molecule has 11 nitrogen and oxygen atoms in total. The predicted octanol–water partition coefficient (Wildman–Crippen LogP) is 5.77. The van der Waals surface area contributed by atoms with Crippen LogP contribution in [0.4, 0.5) is 13.2 Å². The number of hydrogen-bond acceptors (Lipinski definition) is 9. The molecule has 1 aliphatic rings. The second kappa shape index (κ2) is 14.4. The summed E-state index contributed by atoms with van der Waals surface area (Å²) >= 11 is 0.